The number of H-pyrrole nitrogens is 1. The molecular formula is C23H19N3O2. The van der Waals surface area contributed by atoms with Crippen molar-refractivity contribution in [2.75, 3.05) is 13.7 Å². The second-order valence-corrected chi connectivity index (χ2v) is 6.94. The molecule has 138 valence electrons. The van der Waals surface area contributed by atoms with Gasteiger partial charge in [0.25, 0.3) is 5.91 Å². The zero-order valence-electron chi connectivity index (χ0n) is 15.5. The lowest BCUT2D eigenvalue weighted by molar-refractivity contribution is 0.0946. The van der Waals surface area contributed by atoms with Crippen LogP contribution in [0.4, 0.5) is 0 Å². The Labute approximate surface area is 162 Å². The summed E-state index contributed by atoms with van der Waals surface area (Å²) in [6.45, 7) is 0.676. The van der Waals surface area contributed by atoms with E-state index < -0.39 is 0 Å². The molecule has 0 spiro atoms. The number of carbonyl (C=O) groups excluding carboxylic acids is 1. The van der Waals surface area contributed by atoms with Gasteiger partial charge in [-0.25, -0.2) is 0 Å². The number of hydrogen-bond donors (Lipinski definition) is 2. The van der Waals surface area contributed by atoms with Crippen molar-refractivity contribution in [1.29, 1.82) is 0 Å². The van der Waals surface area contributed by atoms with Crippen molar-refractivity contribution in [3.05, 3.63) is 72.1 Å². The first kappa shape index (κ1) is 16.6. The van der Waals surface area contributed by atoms with Gasteiger partial charge in [0, 0.05) is 41.7 Å². The predicted molar refractivity (Wildman–Crippen MR) is 110 cm³/mol. The Bertz CT molecular complexity index is 1210. The van der Waals surface area contributed by atoms with E-state index in [0.29, 0.717) is 6.54 Å². The smallest absolute Gasteiger partial charge is 0.253 e. The van der Waals surface area contributed by atoms with Gasteiger partial charge < -0.3 is 15.0 Å². The summed E-state index contributed by atoms with van der Waals surface area (Å²) < 4.78 is 5.30. The molecule has 2 N–H and O–H groups in total. The van der Waals surface area contributed by atoms with Crippen LogP contribution in [0.1, 0.15) is 16.1 Å². The number of nitrogens with one attached hydrogen (secondary N) is 2. The monoisotopic (exact) mass is 369 g/mol. The van der Waals surface area contributed by atoms with E-state index in [2.05, 4.69) is 45.6 Å². The molecule has 0 fully saturated rings. The van der Waals surface area contributed by atoms with Crippen LogP contribution in [0, 0.1) is 0 Å². The first-order valence-corrected chi connectivity index (χ1v) is 9.26. The highest BCUT2D eigenvalue weighted by atomic mass is 16.5. The molecule has 0 radical (unpaired) electrons. The summed E-state index contributed by atoms with van der Waals surface area (Å²) in [5, 5.41) is 5.15. The molecule has 4 aromatic rings. The number of carbonyl (C=O) groups is 1. The van der Waals surface area contributed by atoms with Crippen LogP contribution in [-0.4, -0.2) is 29.5 Å². The molecule has 28 heavy (non-hydrogen) atoms. The number of aromatic nitrogens is 2. The molecule has 0 atom stereocenters. The molecule has 0 unspecified atom stereocenters. The molecule has 5 rings (SSSR count). The third-order valence-electron chi connectivity index (χ3n) is 5.22. The van der Waals surface area contributed by atoms with Crippen molar-refractivity contribution in [3.8, 4) is 28.3 Å². The molecule has 5 heteroatoms. The van der Waals surface area contributed by atoms with Gasteiger partial charge in [0.2, 0.25) is 0 Å². The standard InChI is InChI=1S/C23H19N3O2/c1-28-18-5-4-14-10-16(3-2-15(14)11-18)21-12-17(6-8-24-21)22-13-19-20(26-22)7-9-25-23(19)27/h2-6,8,10-13,26H,7,9H2,1H3,(H,25,27). The molecule has 5 nitrogen and oxygen atoms in total. The molecule has 0 aliphatic carbocycles. The van der Waals surface area contributed by atoms with Gasteiger partial charge in [-0.3, -0.25) is 9.78 Å². The van der Waals surface area contributed by atoms with Gasteiger partial charge in [-0.15, -0.1) is 0 Å². The van der Waals surface area contributed by atoms with Crippen molar-refractivity contribution >= 4 is 16.7 Å². The molecule has 1 aliphatic rings. The minimum absolute atomic E-state index is 0.0111. The van der Waals surface area contributed by atoms with Crippen LogP contribution in [0.5, 0.6) is 5.75 Å². The summed E-state index contributed by atoms with van der Waals surface area (Å²) in [7, 11) is 1.67. The molecule has 0 saturated carbocycles. The Balaban J connectivity index is 1.54. The minimum atomic E-state index is -0.0111. The van der Waals surface area contributed by atoms with Crippen molar-refractivity contribution in [2.45, 2.75) is 6.42 Å². The van der Waals surface area contributed by atoms with E-state index in [4.69, 9.17) is 4.74 Å². The van der Waals surface area contributed by atoms with Crippen molar-refractivity contribution in [3.63, 3.8) is 0 Å². The first-order chi connectivity index (χ1) is 13.7. The van der Waals surface area contributed by atoms with Crippen molar-refractivity contribution in [1.82, 2.24) is 15.3 Å². The number of hydrogen-bond acceptors (Lipinski definition) is 3. The number of fused-ring (bicyclic) bond motifs is 2. The molecule has 1 amide bonds. The molecular weight excluding hydrogens is 350 g/mol. The lowest BCUT2D eigenvalue weighted by Crippen LogP contribution is -2.31. The average molecular weight is 369 g/mol. The van der Waals surface area contributed by atoms with Crippen molar-refractivity contribution in [2.24, 2.45) is 0 Å². The summed E-state index contributed by atoms with van der Waals surface area (Å²) in [6, 6.07) is 18.3. The maximum atomic E-state index is 12.0. The largest absolute Gasteiger partial charge is 0.497 e. The summed E-state index contributed by atoms with van der Waals surface area (Å²) in [6.07, 6.45) is 2.63. The van der Waals surface area contributed by atoms with E-state index in [0.717, 1.165) is 56.7 Å². The van der Waals surface area contributed by atoms with E-state index in [9.17, 15) is 4.79 Å². The summed E-state index contributed by atoms with van der Waals surface area (Å²) in [5.41, 5.74) is 5.63. The molecule has 1 aliphatic heterocycles. The van der Waals surface area contributed by atoms with E-state index in [-0.39, 0.29) is 5.91 Å². The minimum Gasteiger partial charge on any atom is -0.497 e. The van der Waals surface area contributed by atoms with Gasteiger partial charge in [-0.05, 0) is 47.2 Å². The highest BCUT2D eigenvalue weighted by Crippen LogP contribution is 2.29. The SMILES string of the molecule is COc1ccc2cc(-c3cc(-c4cc5c([nH]4)CCNC5=O)ccn3)ccc2c1. The number of aromatic amines is 1. The number of amides is 1. The second-order valence-electron chi connectivity index (χ2n) is 6.94. The fraction of sp³-hybridized carbons (Fsp3) is 0.130. The first-order valence-electron chi connectivity index (χ1n) is 9.26. The van der Waals surface area contributed by atoms with Crippen LogP contribution in [0.15, 0.2) is 60.8 Å². The van der Waals surface area contributed by atoms with E-state index in [1.807, 2.05) is 30.5 Å². The third-order valence-corrected chi connectivity index (χ3v) is 5.22. The quantitative estimate of drug-likeness (QED) is 0.569. The van der Waals surface area contributed by atoms with Crippen LogP contribution in [0.2, 0.25) is 0 Å². The molecule has 0 saturated heterocycles. The normalized spacial score (nSPS) is 13.2. The summed E-state index contributed by atoms with van der Waals surface area (Å²) in [4.78, 5) is 20.0. The molecule has 2 aromatic carbocycles. The van der Waals surface area contributed by atoms with Gasteiger partial charge in [-0.1, -0.05) is 18.2 Å². The summed E-state index contributed by atoms with van der Waals surface area (Å²) >= 11 is 0. The van der Waals surface area contributed by atoms with Crippen LogP contribution in [0.25, 0.3) is 33.3 Å². The third kappa shape index (κ3) is 2.81. The number of benzene rings is 2. The van der Waals surface area contributed by atoms with Crippen LogP contribution < -0.4 is 10.1 Å². The van der Waals surface area contributed by atoms with Crippen LogP contribution in [-0.2, 0) is 6.42 Å². The Morgan fingerprint density at radius 1 is 0.964 bits per heavy atom. The van der Waals surface area contributed by atoms with Gasteiger partial charge in [0.1, 0.15) is 5.75 Å². The van der Waals surface area contributed by atoms with Crippen LogP contribution >= 0.6 is 0 Å². The van der Waals surface area contributed by atoms with Gasteiger partial charge in [0.05, 0.1) is 18.4 Å². The lowest BCUT2D eigenvalue weighted by Gasteiger charge is -2.11. The van der Waals surface area contributed by atoms with Gasteiger partial charge in [0.15, 0.2) is 0 Å². The number of pyridine rings is 1. The zero-order chi connectivity index (χ0) is 19.1. The Morgan fingerprint density at radius 3 is 2.68 bits per heavy atom. The van der Waals surface area contributed by atoms with Gasteiger partial charge in [-0.2, -0.15) is 0 Å². The van der Waals surface area contributed by atoms with Crippen LogP contribution in [0.3, 0.4) is 0 Å². The topological polar surface area (TPSA) is 67.0 Å². The second kappa shape index (κ2) is 6.53. The number of rotatable bonds is 3. The highest BCUT2D eigenvalue weighted by molar-refractivity contribution is 5.98. The molecule has 0 bridgehead atoms. The van der Waals surface area contributed by atoms with E-state index in [1.54, 1.807) is 7.11 Å². The maximum Gasteiger partial charge on any atom is 0.253 e. The Kier molecular flexibility index (Phi) is 3.86. The maximum absolute atomic E-state index is 12.0. The number of methoxy groups -OCH3 is 1. The zero-order valence-corrected chi connectivity index (χ0v) is 15.5. The molecule has 3 heterocycles. The fourth-order valence-corrected chi connectivity index (χ4v) is 3.72. The molecule has 2 aromatic heterocycles. The number of ether oxygens (including phenoxy) is 1. The predicted octanol–water partition coefficient (Wildman–Crippen LogP) is 4.19. The Morgan fingerprint density at radius 2 is 1.82 bits per heavy atom. The lowest BCUT2D eigenvalue weighted by atomic mass is 10.0. The Hall–Kier alpha value is -3.60. The van der Waals surface area contributed by atoms with E-state index >= 15 is 0 Å². The highest BCUT2D eigenvalue weighted by Gasteiger charge is 2.20. The van der Waals surface area contributed by atoms with Crippen molar-refractivity contribution < 1.29 is 9.53 Å². The van der Waals surface area contributed by atoms with Gasteiger partial charge >= 0.3 is 0 Å². The average Bonchev–Trinajstić information content (AvgIpc) is 3.19. The fourth-order valence-electron chi connectivity index (χ4n) is 3.72. The number of nitrogens with zero attached hydrogens (tertiary/aromatic N) is 1. The van der Waals surface area contributed by atoms with E-state index in [1.165, 1.54) is 0 Å². The summed E-state index contributed by atoms with van der Waals surface area (Å²) in [5.74, 6) is 0.836.